The fourth-order valence-corrected chi connectivity index (χ4v) is 2.17. The minimum absolute atomic E-state index is 0.642. The first kappa shape index (κ1) is 13.2. The second-order valence-electron chi connectivity index (χ2n) is 5.03. The molecule has 0 bridgehead atoms. The van der Waals surface area contributed by atoms with Crippen LogP contribution in [-0.4, -0.2) is 40.0 Å². The molecule has 106 valence electrons. The van der Waals surface area contributed by atoms with Crippen molar-refractivity contribution in [2.45, 2.75) is 31.8 Å². The normalized spacial score (nSPS) is 14.7. The monoisotopic (exact) mass is 273 g/mol. The molecule has 1 saturated carbocycles. The van der Waals surface area contributed by atoms with Crippen molar-refractivity contribution in [2.75, 3.05) is 13.7 Å². The average molecular weight is 273 g/mol. The van der Waals surface area contributed by atoms with E-state index < -0.39 is 0 Å². The fourth-order valence-electron chi connectivity index (χ4n) is 2.17. The summed E-state index contributed by atoms with van der Waals surface area (Å²) in [5, 5.41) is 15.5. The summed E-state index contributed by atoms with van der Waals surface area (Å²) >= 11 is 0. The summed E-state index contributed by atoms with van der Waals surface area (Å²) in [5.74, 6) is 0.849. The lowest BCUT2D eigenvalue weighted by Crippen LogP contribution is -2.19. The highest BCUT2D eigenvalue weighted by atomic mass is 16.5. The third-order valence-corrected chi connectivity index (χ3v) is 3.46. The molecule has 1 aliphatic carbocycles. The minimum Gasteiger partial charge on any atom is -0.384 e. The molecule has 1 N–H and O–H groups in total. The molecule has 0 aliphatic heterocycles. The highest BCUT2D eigenvalue weighted by molar-refractivity contribution is 5.40. The molecule has 0 saturated heterocycles. The van der Waals surface area contributed by atoms with Gasteiger partial charge in [0.2, 0.25) is 0 Å². The maximum absolute atomic E-state index is 5.16. The van der Waals surface area contributed by atoms with Crippen LogP contribution < -0.4 is 5.32 Å². The van der Waals surface area contributed by atoms with Crippen LogP contribution in [0.1, 0.15) is 24.2 Å². The van der Waals surface area contributed by atoms with Crippen LogP contribution in [0.25, 0.3) is 5.69 Å². The Kier molecular flexibility index (Phi) is 4.03. The second-order valence-corrected chi connectivity index (χ2v) is 5.03. The zero-order chi connectivity index (χ0) is 13.8. The predicted octanol–water partition coefficient (Wildman–Crippen LogP) is 1.10. The van der Waals surface area contributed by atoms with Crippen LogP contribution in [0.2, 0.25) is 0 Å². The molecular weight excluding hydrogens is 254 g/mol. The zero-order valence-corrected chi connectivity index (χ0v) is 11.6. The summed E-state index contributed by atoms with van der Waals surface area (Å²) in [6, 6.07) is 8.81. The van der Waals surface area contributed by atoms with Crippen molar-refractivity contribution in [3.05, 3.63) is 35.7 Å². The van der Waals surface area contributed by atoms with Crippen molar-refractivity contribution in [1.29, 1.82) is 0 Å². The van der Waals surface area contributed by atoms with E-state index >= 15 is 0 Å². The van der Waals surface area contributed by atoms with Crippen molar-refractivity contribution in [3.8, 4) is 5.69 Å². The molecule has 6 nitrogen and oxygen atoms in total. The van der Waals surface area contributed by atoms with Gasteiger partial charge in [0.1, 0.15) is 0 Å². The molecule has 0 atom stereocenters. The molecule has 20 heavy (non-hydrogen) atoms. The Morgan fingerprint density at radius 1 is 1.35 bits per heavy atom. The summed E-state index contributed by atoms with van der Waals surface area (Å²) in [6.07, 6.45) is 3.36. The van der Waals surface area contributed by atoms with Gasteiger partial charge in [-0.3, -0.25) is 0 Å². The van der Waals surface area contributed by atoms with Gasteiger partial charge < -0.3 is 10.1 Å². The van der Waals surface area contributed by atoms with Crippen LogP contribution in [0.3, 0.4) is 0 Å². The lowest BCUT2D eigenvalue weighted by atomic mass is 10.1. The Morgan fingerprint density at radius 3 is 3.00 bits per heavy atom. The van der Waals surface area contributed by atoms with Crippen molar-refractivity contribution in [3.63, 3.8) is 0 Å². The molecule has 0 spiro atoms. The van der Waals surface area contributed by atoms with Crippen LogP contribution in [0.5, 0.6) is 0 Å². The molecule has 6 heteroatoms. The van der Waals surface area contributed by atoms with E-state index in [-0.39, 0.29) is 0 Å². The number of nitrogens with zero attached hydrogens (tertiary/aromatic N) is 4. The number of ether oxygens (including phenoxy) is 1. The summed E-state index contributed by atoms with van der Waals surface area (Å²) in [4.78, 5) is 0. The summed E-state index contributed by atoms with van der Waals surface area (Å²) in [5.41, 5.74) is 2.22. The molecular formula is C14H19N5O. The molecule has 1 aromatic heterocycles. The van der Waals surface area contributed by atoms with Gasteiger partial charge in [0, 0.05) is 13.2 Å². The van der Waals surface area contributed by atoms with E-state index in [4.69, 9.17) is 4.74 Å². The van der Waals surface area contributed by atoms with Crippen molar-refractivity contribution in [1.82, 2.24) is 25.5 Å². The summed E-state index contributed by atoms with van der Waals surface area (Å²) in [7, 11) is 1.71. The molecule has 1 fully saturated rings. The Bertz CT molecular complexity index is 564. The number of hydrogen-bond acceptors (Lipinski definition) is 5. The number of rotatable bonds is 7. The molecule has 1 heterocycles. The van der Waals surface area contributed by atoms with Gasteiger partial charge in [-0.25, -0.2) is 0 Å². The van der Waals surface area contributed by atoms with Gasteiger partial charge in [0.15, 0.2) is 5.82 Å². The van der Waals surface area contributed by atoms with E-state index in [0.717, 1.165) is 17.9 Å². The minimum atomic E-state index is 0.642. The third-order valence-electron chi connectivity index (χ3n) is 3.46. The molecule has 0 radical (unpaired) electrons. The van der Waals surface area contributed by atoms with Crippen LogP contribution in [0, 0.1) is 0 Å². The number of benzene rings is 1. The lowest BCUT2D eigenvalue weighted by Gasteiger charge is -2.10. The predicted molar refractivity (Wildman–Crippen MR) is 74.6 cm³/mol. The Morgan fingerprint density at radius 2 is 2.20 bits per heavy atom. The van der Waals surface area contributed by atoms with Crippen molar-refractivity contribution >= 4 is 0 Å². The van der Waals surface area contributed by atoms with Gasteiger partial charge in [-0.15, -0.1) is 5.10 Å². The quantitative estimate of drug-likeness (QED) is 0.818. The SMILES string of the molecule is COCCc1ccccc1-n1nnnc1CNC1CC1. The van der Waals surface area contributed by atoms with Gasteiger partial charge in [-0.05, 0) is 41.3 Å². The number of tetrazole rings is 1. The van der Waals surface area contributed by atoms with Gasteiger partial charge in [0.05, 0.1) is 18.8 Å². The molecule has 2 aromatic rings. The van der Waals surface area contributed by atoms with Gasteiger partial charge in [-0.2, -0.15) is 4.68 Å². The first-order valence-corrected chi connectivity index (χ1v) is 6.96. The van der Waals surface area contributed by atoms with Crippen LogP contribution >= 0.6 is 0 Å². The van der Waals surface area contributed by atoms with Gasteiger partial charge >= 0.3 is 0 Å². The Balaban J connectivity index is 1.82. The smallest absolute Gasteiger partial charge is 0.170 e. The number of hydrogen-bond donors (Lipinski definition) is 1. The summed E-state index contributed by atoms with van der Waals surface area (Å²) in [6.45, 7) is 1.39. The highest BCUT2D eigenvalue weighted by Crippen LogP contribution is 2.20. The zero-order valence-electron chi connectivity index (χ0n) is 11.6. The van der Waals surface area contributed by atoms with Crippen LogP contribution in [0.15, 0.2) is 24.3 Å². The van der Waals surface area contributed by atoms with Crippen LogP contribution in [0.4, 0.5) is 0 Å². The third kappa shape index (κ3) is 3.02. The first-order chi connectivity index (χ1) is 9.88. The highest BCUT2D eigenvalue weighted by Gasteiger charge is 2.21. The number of aromatic nitrogens is 4. The van der Waals surface area contributed by atoms with E-state index in [1.807, 2.05) is 22.9 Å². The fraction of sp³-hybridized carbons (Fsp3) is 0.500. The second kappa shape index (κ2) is 6.11. The molecule has 0 unspecified atom stereocenters. The van der Waals surface area contributed by atoms with Gasteiger partial charge in [0.25, 0.3) is 0 Å². The molecule has 1 aliphatic rings. The molecule has 1 aromatic carbocycles. The topological polar surface area (TPSA) is 64.9 Å². The molecule has 3 rings (SSSR count). The standard InChI is InChI=1S/C14H19N5O/c1-20-9-8-11-4-2-3-5-13(11)19-14(16-17-18-19)10-15-12-6-7-12/h2-5,12,15H,6-10H2,1H3. The maximum atomic E-state index is 5.16. The van der Waals surface area contributed by atoms with E-state index in [9.17, 15) is 0 Å². The lowest BCUT2D eigenvalue weighted by molar-refractivity contribution is 0.202. The van der Waals surface area contributed by atoms with E-state index in [1.54, 1.807) is 7.11 Å². The van der Waals surface area contributed by atoms with Crippen molar-refractivity contribution < 1.29 is 4.74 Å². The Labute approximate surface area is 118 Å². The molecule has 0 amide bonds. The van der Waals surface area contributed by atoms with Crippen molar-refractivity contribution in [2.24, 2.45) is 0 Å². The number of methoxy groups -OCH3 is 1. The number of para-hydroxylation sites is 1. The average Bonchev–Trinajstić information content (AvgIpc) is 3.20. The maximum Gasteiger partial charge on any atom is 0.170 e. The van der Waals surface area contributed by atoms with E-state index in [2.05, 4.69) is 26.9 Å². The number of nitrogens with one attached hydrogen (secondary N) is 1. The summed E-state index contributed by atoms with van der Waals surface area (Å²) < 4.78 is 6.98. The largest absolute Gasteiger partial charge is 0.384 e. The van der Waals surface area contributed by atoms with Crippen LogP contribution in [-0.2, 0) is 17.7 Å². The van der Waals surface area contributed by atoms with Gasteiger partial charge in [-0.1, -0.05) is 18.2 Å². The Hall–Kier alpha value is -1.79. The van der Waals surface area contributed by atoms with E-state index in [1.165, 1.54) is 18.4 Å². The first-order valence-electron chi connectivity index (χ1n) is 6.96. The van der Waals surface area contributed by atoms with E-state index in [0.29, 0.717) is 19.2 Å².